The van der Waals surface area contributed by atoms with Crippen LogP contribution in [-0.4, -0.2) is 72.0 Å². The second kappa shape index (κ2) is 20.6. The largest absolute Gasteiger partial charge is 0.508 e. The Balaban J connectivity index is 0.000000218. The Hall–Kier alpha value is -5.29. The lowest BCUT2D eigenvalue weighted by molar-refractivity contribution is -0.237. The number of rotatable bonds is 11. The summed E-state index contributed by atoms with van der Waals surface area (Å²) >= 11 is 0. The van der Waals surface area contributed by atoms with Crippen LogP contribution in [0.1, 0.15) is 93.4 Å². The molecule has 0 saturated heterocycles. The smallest absolute Gasteiger partial charge is 0.341 e. The minimum Gasteiger partial charge on any atom is -0.508 e. The van der Waals surface area contributed by atoms with Crippen LogP contribution >= 0.6 is 0 Å². The molecule has 2 amide bonds. The molecule has 59 heavy (non-hydrogen) atoms. The van der Waals surface area contributed by atoms with Crippen molar-refractivity contribution in [2.24, 2.45) is 5.73 Å². The number of carbonyl (C=O) groups excluding carboxylic acids is 3. The summed E-state index contributed by atoms with van der Waals surface area (Å²) in [7, 11) is 4.73. The standard InChI is InChI=1S/C26H33NO4.C22H23NO3.CH5N/c1-4-30-25(29)26(17-8-9-18-26)31-27(3)24(28)14-10-13-22-19-23(16-15-20(22)2)21-11-6-5-7-12-21;1-15-10-11-17(16-8-4-3-5-9-16)14-18(15)19-20(24)22(12-6-7-13-22)26-23(2)21(19)25;1-2/h5-7,11-12,15-16,19H,4,8-10,13-14,17-18H2,1-3H3;3-5,8-11,14,24H,6-7,12-13H2,1-2H3;2H2,1H3. The molecule has 314 valence electrons. The maximum atomic E-state index is 12.9. The van der Waals surface area contributed by atoms with Crippen molar-refractivity contribution >= 4 is 23.4 Å². The Morgan fingerprint density at radius 1 is 0.797 bits per heavy atom. The fourth-order valence-electron chi connectivity index (χ4n) is 8.24. The first-order valence-corrected chi connectivity index (χ1v) is 20.9. The minimum atomic E-state index is -1.01. The molecule has 3 aliphatic rings. The van der Waals surface area contributed by atoms with Gasteiger partial charge >= 0.3 is 5.97 Å². The van der Waals surface area contributed by atoms with E-state index >= 15 is 0 Å². The van der Waals surface area contributed by atoms with Crippen molar-refractivity contribution in [2.45, 2.75) is 103 Å². The molecule has 0 bridgehead atoms. The van der Waals surface area contributed by atoms with Gasteiger partial charge in [0.1, 0.15) is 5.76 Å². The van der Waals surface area contributed by atoms with E-state index in [1.165, 1.54) is 39.4 Å². The second-order valence-corrected chi connectivity index (χ2v) is 15.5. The number of hydrogen-bond acceptors (Lipinski definition) is 8. The monoisotopic (exact) mass is 803 g/mol. The average Bonchev–Trinajstić information content (AvgIpc) is 3.94. The van der Waals surface area contributed by atoms with Gasteiger partial charge in [-0.1, -0.05) is 91.0 Å². The van der Waals surface area contributed by atoms with Gasteiger partial charge in [-0.05, 0) is 143 Å². The zero-order chi connectivity index (χ0) is 42.6. The number of amides is 2. The van der Waals surface area contributed by atoms with Crippen molar-refractivity contribution in [3.63, 3.8) is 0 Å². The third kappa shape index (κ3) is 10.5. The second-order valence-electron chi connectivity index (χ2n) is 15.5. The number of aryl methyl sites for hydroxylation is 3. The zero-order valence-electron chi connectivity index (χ0n) is 35.6. The van der Waals surface area contributed by atoms with E-state index in [0.29, 0.717) is 31.4 Å². The molecule has 1 spiro atoms. The van der Waals surface area contributed by atoms with E-state index in [1.54, 1.807) is 21.0 Å². The summed E-state index contributed by atoms with van der Waals surface area (Å²) < 4.78 is 5.21. The molecule has 3 N–H and O–H groups in total. The molecule has 10 heteroatoms. The zero-order valence-corrected chi connectivity index (χ0v) is 35.6. The Morgan fingerprint density at radius 2 is 1.34 bits per heavy atom. The van der Waals surface area contributed by atoms with Crippen LogP contribution in [0.25, 0.3) is 27.8 Å². The molecule has 7 rings (SSSR count). The Morgan fingerprint density at radius 3 is 1.92 bits per heavy atom. The number of ether oxygens (including phenoxy) is 1. The highest BCUT2D eigenvalue weighted by molar-refractivity contribution is 6.21. The first kappa shape index (κ1) is 44.8. The number of esters is 1. The lowest BCUT2D eigenvalue weighted by Gasteiger charge is -2.38. The topological polar surface area (TPSA) is 132 Å². The first-order chi connectivity index (χ1) is 28.5. The quantitative estimate of drug-likeness (QED) is 0.113. The lowest BCUT2D eigenvalue weighted by atomic mass is 9.87. The van der Waals surface area contributed by atoms with Gasteiger partial charge in [0.15, 0.2) is 11.2 Å². The Kier molecular flexibility index (Phi) is 15.6. The van der Waals surface area contributed by atoms with Gasteiger partial charge in [0.2, 0.25) is 5.91 Å². The molecule has 2 fully saturated rings. The van der Waals surface area contributed by atoms with E-state index < -0.39 is 11.2 Å². The van der Waals surface area contributed by atoms with Gasteiger partial charge in [-0.15, -0.1) is 0 Å². The van der Waals surface area contributed by atoms with E-state index in [0.717, 1.165) is 73.6 Å². The van der Waals surface area contributed by atoms with E-state index in [4.69, 9.17) is 14.4 Å². The number of aliphatic hydroxyl groups excluding tert-OH is 1. The van der Waals surface area contributed by atoms with Gasteiger partial charge in [0.25, 0.3) is 5.91 Å². The van der Waals surface area contributed by atoms with Crippen LogP contribution in [0.4, 0.5) is 0 Å². The summed E-state index contributed by atoms with van der Waals surface area (Å²) in [6.45, 7) is 6.16. The van der Waals surface area contributed by atoms with Gasteiger partial charge in [-0.25, -0.2) is 14.9 Å². The number of aliphatic hydroxyl groups is 1. The average molecular weight is 804 g/mol. The predicted octanol–water partition coefficient (Wildman–Crippen LogP) is 9.47. The normalized spacial score (nSPS) is 16.5. The molecule has 0 atom stereocenters. The molecular formula is C49H61N3O7. The van der Waals surface area contributed by atoms with Crippen LogP contribution in [0, 0.1) is 13.8 Å². The van der Waals surface area contributed by atoms with E-state index in [-0.39, 0.29) is 23.5 Å². The summed E-state index contributed by atoms with van der Waals surface area (Å²) in [5, 5.41) is 13.6. The molecule has 10 nitrogen and oxygen atoms in total. The van der Waals surface area contributed by atoms with Crippen molar-refractivity contribution in [1.82, 2.24) is 10.1 Å². The van der Waals surface area contributed by atoms with Crippen LogP contribution in [0.5, 0.6) is 0 Å². The summed E-state index contributed by atoms with van der Waals surface area (Å²) in [5.41, 5.74) is 11.8. The summed E-state index contributed by atoms with van der Waals surface area (Å²) in [6.07, 6.45) is 8.33. The van der Waals surface area contributed by atoms with Crippen molar-refractivity contribution < 1.29 is 33.9 Å². The maximum absolute atomic E-state index is 12.9. The van der Waals surface area contributed by atoms with Crippen LogP contribution in [0.3, 0.4) is 0 Å². The Labute approximate surface area is 349 Å². The third-order valence-corrected chi connectivity index (χ3v) is 11.5. The highest BCUT2D eigenvalue weighted by Crippen LogP contribution is 2.45. The molecular weight excluding hydrogens is 743 g/mol. The molecule has 0 radical (unpaired) electrons. The van der Waals surface area contributed by atoms with Crippen LogP contribution in [0.2, 0.25) is 0 Å². The van der Waals surface area contributed by atoms with Crippen molar-refractivity contribution in [3.8, 4) is 22.3 Å². The third-order valence-electron chi connectivity index (χ3n) is 11.5. The number of hydroxylamine groups is 4. The minimum absolute atomic E-state index is 0.0893. The van der Waals surface area contributed by atoms with E-state index in [9.17, 15) is 19.5 Å². The van der Waals surface area contributed by atoms with E-state index in [2.05, 4.69) is 43.0 Å². The summed E-state index contributed by atoms with van der Waals surface area (Å²) in [6, 6.07) is 32.9. The van der Waals surface area contributed by atoms with Crippen molar-refractivity contribution in [3.05, 3.63) is 125 Å². The lowest BCUT2D eigenvalue weighted by Crippen LogP contribution is -2.47. The van der Waals surface area contributed by atoms with Gasteiger partial charge in [0, 0.05) is 20.5 Å². The molecule has 4 aromatic carbocycles. The molecule has 1 heterocycles. The predicted molar refractivity (Wildman–Crippen MR) is 233 cm³/mol. The first-order valence-electron chi connectivity index (χ1n) is 20.9. The number of nitrogens with zero attached hydrogens (tertiary/aromatic N) is 2. The van der Waals surface area contributed by atoms with Crippen LogP contribution in [-0.2, 0) is 35.2 Å². The number of carbonyl (C=O) groups is 3. The molecule has 4 aromatic rings. The van der Waals surface area contributed by atoms with Gasteiger partial charge in [-0.2, -0.15) is 0 Å². The SMILES string of the molecule is CCOC(=O)C1(ON(C)C(=O)CCCc2cc(-c3ccccc3)ccc2C)CCCC1.CN.Cc1ccc(-c2ccccc2)cc1C1=C(O)C2(CCCC2)ON(C)C1=O. The molecule has 0 aromatic heterocycles. The summed E-state index contributed by atoms with van der Waals surface area (Å²) in [5.74, 6) is -0.687. The maximum Gasteiger partial charge on any atom is 0.341 e. The Bertz CT molecular complexity index is 2070. The molecule has 2 aliphatic carbocycles. The van der Waals surface area contributed by atoms with E-state index in [1.807, 2.05) is 73.7 Å². The summed E-state index contributed by atoms with van der Waals surface area (Å²) in [4.78, 5) is 49.7. The van der Waals surface area contributed by atoms with Crippen LogP contribution in [0.15, 0.2) is 103 Å². The fraction of sp³-hybridized carbons (Fsp3) is 0.408. The van der Waals surface area contributed by atoms with Crippen molar-refractivity contribution in [2.75, 3.05) is 27.7 Å². The number of nitrogens with two attached hydrogens (primary N) is 1. The molecule has 1 aliphatic heterocycles. The van der Waals surface area contributed by atoms with Gasteiger partial charge < -0.3 is 15.6 Å². The van der Waals surface area contributed by atoms with Crippen LogP contribution < -0.4 is 5.73 Å². The number of benzene rings is 4. The van der Waals surface area contributed by atoms with Crippen molar-refractivity contribution in [1.29, 1.82) is 0 Å². The molecule has 2 saturated carbocycles. The highest BCUT2D eigenvalue weighted by Gasteiger charge is 2.49. The highest BCUT2D eigenvalue weighted by atomic mass is 16.7. The van der Waals surface area contributed by atoms with Gasteiger partial charge in [-0.3, -0.25) is 19.3 Å². The van der Waals surface area contributed by atoms with Gasteiger partial charge in [0.05, 0.1) is 12.2 Å². The number of likely N-dealkylation sites (N-methyl/N-ethyl adjacent to an activating group) is 1. The number of hydrogen-bond donors (Lipinski definition) is 2. The molecule has 0 unspecified atom stereocenters. The fourth-order valence-corrected chi connectivity index (χ4v) is 8.24.